The van der Waals surface area contributed by atoms with Crippen LogP contribution in [0.4, 0.5) is 0 Å². The van der Waals surface area contributed by atoms with E-state index in [-0.39, 0.29) is 11.8 Å². The van der Waals surface area contributed by atoms with Crippen LogP contribution in [0.1, 0.15) is 64.7 Å². The minimum absolute atomic E-state index is 0.0450. The van der Waals surface area contributed by atoms with Gasteiger partial charge in [0.05, 0.1) is 0 Å². The topological polar surface area (TPSA) is 49.4 Å². The first-order valence-corrected chi connectivity index (χ1v) is 8.29. The molecule has 0 aromatic carbocycles. The lowest BCUT2D eigenvalue weighted by atomic mass is 9.99. The summed E-state index contributed by atoms with van der Waals surface area (Å²) in [6, 6.07) is 0.590. The Morgan fingerprint density at radius 2 is 1.80 bits per heavy atom. The quantitative estimate of drug-likeness (QED) is 0.760. The molecule has 1 saturated heterocycles. The van der Waals surface area contributed by atoms with Crippen LogP contribution in [-0.2, 0) is 9.59 Å². The Labute approximate surface area is 122 Å². The van der Waals surface area contributed by atoms with Crippen LogP contribution in [0.15, 0.2) is 0 Å². The average Bonchev–Trinajstić information content (AvgIpc) is 2.82. The van der Waals surface area contributed by atoms with Crippen molar-refractivity contribution in [1.82, 2.24) is 10.2 Å². The van der Waals surface area contributed by atoms with E-state index in [0.717, 1.165) is 32.2 Å². The zero-order chi connectivity index (χ0) is 14.4. The van der Waals surface area contributed by atoms with Gasteiger partial charge in [-0.15, -0.1) is 0 Å². The predicted molar refractivity (Wildman–Crippen MR) is 79.2 cm³/mol. The van der Waals surface area contributed by atoms with Crippen molar-refractivity contribution < 1.29 is 9.59 Å². The Morgan fingerprint density at radius 3 is 2.45 bits per heavy atom. The van der Waals surface area contributed by atoms with E-state index in [1.54, 1.807) is 0 Å². The highest BCUT2D eigenvalue weighted by molar-refractivity contribution is 5.95. The van der Waals surface area contributed by atoms with Gasteiger partial charge in [0, 0.05) is 25.4 Å². The molecule has 1 aliphatic heterocycles. The SMILES string of the molecule is CCCNC1CCCC1CCN1C(=O)CCCCC1=O. The number of imide groups is 1. The number of amides is 2. The van der Waals surface area contributed by atoms with Gasteiger partial charge in [-0.05, 0) is 51.0 Å². The standard InChI is InChI=1S/C16H28N2O2/c1-2-11-17-14-7-5-6-13(14)10-12-18-15(19)8-3-4-9-16(18)20/h13-14,17H,2-12H2,1H3. The zero-order valence-electron chi connectivity index (χ0n) is 12.7. The molecule has 4 nitrogen and oxygen atoms in total. The van der Waals surface area contributed by atoms with Gasteiger partial charge in [-0.2, -0.15) is 0 Å². The molecule has 1 aliphatic carbocycles. The number of carbonyl (C=O) groups excluding carboxylic acids is 2. The summed E-state index contributed by atoms with van der Waals surface area (Å²) in [5.41, 5.74) is 0. The second-order valence-electron chi connectivity index (χ2n) is 6.19. The molecule has 2 aliphatic rings. The van der Waals surface area contributed by atoms with Crippen LogP contribution in [-0.4, -0.2) is 35.8 Å². The van der Waals surface area contributed by atoms with Crippen molar-refractivity contribution >= 4 is 11.8 Å². The highest BCUT2D eigenvalue weighted by Gasteiger charge is 2.29. The molecule has 1 heterocycles. The van der Waals surface area contributed by atoms with Crippen LogP contribution in [0.25, 0.3) is 0 Å². The fourth-order valence-corrected chi connectivity index (χ4v) is 3.49. The van der Waals surface area contributed by atoms with Gasteiger partial charge >= 0.3 is 0 Å². The third kappa shape index (κ3) is 4.05. The molecule has 0 bridgehead atoms. The van der Waals surface area contributed by atoms with E-state index in [1.165, 1.54) is 24.2 Å². The van der Waals surface area contributed by atoms with Gasteiger partial charge < -0.3 is 5.32 Å². The molecular formula is C16H28N2O2. The first kappa shape index (κ1) is 15.5. The van der Waals surface area contributed by atoms with Gasteiger partial charge in [-0.3, -0.25) is 14.5 Å². The number of hydrogen-bond acceptors (Lipinski definition) is 3. The van der Waals surface area contributed by atoms with Crippen molar-refractivity contribution in [1.29, 1.82) is 0 Å². The smallest absolute Gasteiger partial charge is 0.229 e. The molecule has 2 atom stereocenters. The van der Waals surface area contributed by atoms with Gasteiger partial charge in [0.15, 0.2) is 0 Å². The van der Waals surface area contributed by atoms with Crippen LogP contribution < -0.4 is 5.32 Å². The first-order valence-electron chi connectivity index (χ1n) is 8.29. The Kier molecular flexibility index (Phi) is 6.02. The molecule has 1 N–H and O–H groups in total. The summed E-state index contributed by atoms with van der Waals surface area (Å²) in [6.45, 7) is 3.89. The number of carbonyl (C=O) groups is 2. The molecule has 2 unspecified atom stereocenters. The molecule has 2 fully saturated rings. The predicted octanol–water partition coefficient (Wildman–Crippen LogP) is 2.47. The highest BCUT2D eigenvalue weighted by Crippen LogP contribution is 2.29. The van der Waals surface area contributed by atoms with Gasteiger partial charge in [0.1, 0.15) is 0 Å². The minimum atomic E-state index is 0.0450. The highest BCUT2D eigenvalue weighted by atomic mass is 16.2. The summed E-state index contributed by atoms with van der Waals surface area (Å²) in [6.07, 6.45) is 8.71. The summed E-state index contributed by atoms with van der Waals surface area (Å²) in [5.74, 6) is 0.720. The summed E-state index contributed by atoms with van der Waals surface area (Å²) >= 11 is 0. The maximum Gasteiger partial charge on any atom is 0.229 e. The second-order valence-corrected chi connectivity index (χ2v) is 6.19. The van der Waals surface area contributed by atoms with E-state index in [2.05, 4.69) is 12.2 Å². The molecule has 0 aromatic heterocycles. The molecule has 0 spiro atoms. The van der Waals surface area contributed by atoms with E-state index < -0.39 is 0 Å². The zero-order valence-corrected chi connectivity index (χ0v) is 12.7. The number of likely N-dealkylation sites (tertiary alicyclic amines) is 1. The molecule has 4 heteroatoms. The molecule has 0 aromatic rings. The second kappa shape index (κ2) is 7.77. The minimum Gasteiger partial charge on any atom is -0.314 e. The molecule has 20 heavy (non-hydrogen) atoms. The summed E-state index contributed by atoms with van der Waals surface area (Å²) in [4.78, 5) is 25.5. The average molecular weight is 280 g/mol. The summed E-state index contributed by atoms with van der Waals surface area (Å²) < 4.78 is 0. The number of rotatable bonds is 6. The molecule has 1 saturated carbocycles. The van der Waals surface area contributed by atoms with Crippen molar-refractivity contribution in [3.8, 4) is 0 Å². The lowest BCUT2D eigenvalue weighted by molar-refractivity contribution is -0.144. The Hall–Kier alpha value is -0.900. The Balaban J connectivity index is 1.83. The van der Waals surface area contributed by atoms with Gasteiger partial charge in [0.25, 0.3) is 0 Å². The third-order valence-electron chi connectivity index (χ3n) is 4.67. The number of nitrogens with one attached hydrogen (secondary N) is 1. The summed E-state index contributed by atoms with van der Waals surface area (Å²) in [5, 5.41) is 3.62. The van der Waals surface area contributed by atoms with E-state index in [1.807, 2.05) is 0 Å². The Morgan fingerprint density at radius 1 is 1.10 bits per heavy atom. The maximum absolute atomic E-state index is 12.0. The monoisotopic (exact) mass is 280 g/mol. The first-order chi connectivity index (χ1) is 9.72. The van der Waals surface area contributed by atoms with E-state index in [0.29, 0.717) is 31.3 Å². The lowest BCUT2D eigenvalue weighted by Gasteiger charge is -2.24. The van der Waals surface area contributed by atoms with E-state index in [9.17, 15) is 9.59 Å². The normalized spacial score (nSPS) is 27.9. The van der Waals surface area contributed by atoms with Crippen molar-refractivity contribution in [2.45, 2.75) is 70.8 Å². The lowest BCUT2D eigenvalue weighted by Crippen LogP contribution is -2.39. The number of nitrogens with zero attached hydrogens (tertiary/aromatic N) is 1. The Bertz CT molecular complexity index is 325. The molecule has 114 valence electrons. The van der Waals surface area contributed by atoms with Gasteiger partial charge in [-0.1, -0.05) is 13.3 Å². The molecule has 2 amide bonds. The number of hydrogen-bond donors (Lipinski definition) is 1. The van der Waals surface area contributed by atoms with Crippen molar-refractivity contribution in [2.24, 2.45) is 5.92 Å². The van der Waals surface area contributed by atoms with Gasteiger partial charge in [-0.25, -0.2) is 0 Å². The van der Waals surface area contributed by atoms with Crippen LogP contribution in [0, 0.1) is 5.92 Å². The maximum atomic E-state index is 12.0. The van der Waals surface area contributed by atoms with Crippen LogP contribution in [0.5, 0.6) is 0 Å². The summed E-state index contributed by atoms with van der Waals surface area (Å²) in [7, 11) is 0. The van der Waals surface area contributed by atoms with Crippen molar-refractivity contribution in [3.05, 3.63) is 0 Å². The van der Waals surface area contributed by atoms with Gasteiger partial charge in [0.2, 0.25) is 11.8 Å². The van der Waals surface area contributed by atoms with Crippen molar-refractivity contribution in [3.63, 3.8) is 0 Å². The van der Waals surface area contributed by atoms with Crippen LogP contribution >= 0.6 is 0 Å². The largest absolute Gasteiger partial charge is 0.314 e. The van der Waals surface area contributed by atoms with Crippen LogP contribution in [0.3, 0.4) is 0 Å². The van der Waals surface area contributed by atoms with E-state index >= 15 is 0 Å². The van der Waals surface area contributed by atoms with Crippen molar-refractivity contribution in [2.75, 3.05) is 13.1 Å². The fraction of sp³-hybridized carbons (Fsp3) is 0.875. The molecule has 2 rings (SSSR count). The molecular weight excluding hydrogens is 252 g/mol. The fourth-order valence-electron chi connectivity index (χ4n) is 3.49. The third-order valence-corrected chi connectivity index (χ3v) is 4.67. The van der Waals surface area contributed by atoms with Crippen LogP contribution in [0.2, 0.25) is 0 Å². The molecule has 0 radical (unpaired) electrons. The van der Waals surface area contributed by atoms with E-state index in [4.69, 9.17) is 0 Å².